The van der Waals surface area contributed by atoms with E-state index in [1.807, 2.05) is 0 Å². The van der Waals surface area contributed by atoms with Crippen LogP contribution in [0.15, 0.2) is 35.3 Å². The van der Waals surface area contributed by atoms with Crippen molar-refractivity contribution in [3.8, 4) is 0 Å². The van der Waals surface area contributed by atoms with E-state index in [-0.39, 0.29) is 5.56 Å². The van der Waals surface area contributed by atoms with Gasteiger partial charge in [-0.3, -0.25) is 9.78 Å². The van der Waals surface area contributed by atoms with Gasteiger partial charge in [-0.15, -0.1) is 0 Å². The van der Waals surface area contributed by atoms with Crippen LogP contribution >= 0.6 is 0 Å². The maximum Gasteiger partial charge on any atom is 0.330 e. The van der Waals surface area contributed by atoms with E-state index in [1.54, 1.807) is 31.3 Å². The number of esters is 1. The molecule has 0 aliphatic heterocycles. The summed E-state index contributed by atoms with van der Waals surface area (Å²) in [4.78, 5) is 29.2. The van der Waals surface area contributed by atoms with E-state index in [1.165, 1.54) is 12.1 Å². The molecular weight excluding hydrogens is 232 g/mol. The Bertz CT molecular complexity index is 659. The lowest BCUT2D eigenvalue weighted by atomic mass is 10.2. The van der Waals surface area contributed by atoms with E-state index in [2.05, 4.69) is 9.97 Å². The number of nitrogens with zero attached hydrogens (tertiary/aromatic N) is 1. The third-order valence-corrected chi connectivity index (χ3v) is 2.29. The first kappa shape index (κ1) is 12.0. The predicted octanol–water partition coefficient (Wildman–Crippen LogP) is 1.50. The Morgan fingerprint density at radius 2 is 2.33 bits per heavy atom. The molecule has 0 saturated heterocycles. The second-order valence-electron chi connectivity index (χ2n) is 3.61. The quantitative estimate of drug-likeness (QED) is 0.656. The molecule has 2 aromatic rings. The number of H-pyrrole nitrogens is 1. The summed E-state index contributed by atoms with van der Waals surface area (Å²) in [6.07, 6.45) is 4.54. The summed E-state index contributed by atoms with van der Waals surface area (Å²) in [7, 11) is 0. The summed E-state index contributed by atoms with van der Waals surface area (Å²) >= 11 is 0. The molecule has 5 nitrogen and oxygen atoms in total. The van der Waals surface area contributed by atoms with Crippen LogP contribution in [0.25, 0.3) is 17.1 Å². The Hall–Kier alpha value is -2.43. The van der Waals surface area contributed by atoms with Crippen molar-refractivity contribution in [2.45, 2.75) is 6.92 Å². The number of hydrogen-bond acceptors (Lipinski definition) is 4. The molecule has 1 N–H and O–H groups in total. The molecule has 0 unspecified atom stereocenters. The van der Waals surface area contributed by atoms with Gasteiger partial charge in [0.25, 0.3) is 0 Å². The van der Waals surface area contributed by atoms with Crippen molar-refractivity contribution in [2.75, 3.05) is 6.61 Å². The van der Waals surface area contributed by atoms with Gasteiger partial charge >= 0.3 is 5.97 Å². The molecule has 0 amide bonds. The van der Waals surface area contributed by atoms with Crippen molar-refractivity contribution in [1.29, 1.82) is 0 Å². The molecule has 18 heavy (non-hydrogen) atoms. The minimum atomic E-state index is -0.404. The lowest BCUT2D eigenvalue weighted by molar-refractivity contribution is -0.137. The first-order valence-corrected chi connectivity index (χ1v) is 5.53. The second kappa shape index (κ2) is 5.27. The van der Waals surface area contributed by atoms with Gasteiger partial charge in [0.2, 0.25) is 5.56 Å². The van der Waals surface area contributed by atoms with Crippen molar-refractivity contribution in [2.24, 2.45) is 0 Å². The highest BCUT2D eigenvalue weighted by Crippen LogP contribution is 2.09. The second-order valence-corrected chi connectivity index (χ2v) is 3.61. The van der Waals surface area contributed by atoms with Gasteiger partial charge in [0, 0.05) is 18.3 Å². The zero-order chi connectivity index (χ0) is 13.0. The molecule has 0 aromatic carbocycles. The summed E-state index contributed by atoms with van der Waals surface area (Å²) in [6, 6.07) is 4.82. The van der Waals surface area contributed by atoms with Crippen molar-refractivity contribution >= 4 is 23.1 Å². The van der Waals surface area contributed by atoms with Gasteiger partial charge in [0.05, 0.1) is 17.6 Å². The Labute approximate surface area is 103 Å². The first-order valence-electron chi connectivity index (χ1n) is 5.53. The zero-order valence-corrected chi connectivity index (χ0v) is 9.84. The molecule has 2 rings (SSSR count). The highest BCUT2D eigenvalue weighted by Gasteiger charge is 1.98. The largest absolute Gasteiger partial charge is 0.463 e. The van der Waals surface area contributed by atoms with E-state index in [0.29, 0.717) is 17.6 Å². The van der Waals surface area contributed by atoms with E-state index < -0.39 is 5.97 Å². The highest BCUT2D eigenvalue weighted by atomic mass is 16.5. The number of carbonyl (C=O) groups is 1. The molecule has 0 radical (unpaired) electrons. The van der Waals surface area contributed by atoms with E-state index in [4.69, 9.17) is 4.74 Å². The van der Waals surface area contributed by atoms with Gasteiger partial charge in [-0.05, 0) is 30.7 Å². The van der Waals surface area contributed by atoms with Crippen LogP contribution < -0.4 is 5.56 Å². The van der Waals surface area contributed by atoms with Crippen LogP contribution in [0.1, 0.15) is 12.5 Å². The average molecular weight is 244 g/mol. The molecule has 2 aromatic heterocycles. The van der Waals surface area contributed by atoms with Crippen molar-refractivity contribution in [3.05, 3.63) is 46.4 Å². The summed E-state index contributed by atoms with van der Waals surface area (Å²) in [5.41, 5.74) is 1.87. The van der Waals surface area contributed by atoms with Crippen molar-refractivity contribution in [1.82, 2.24) is 9.97 Å². The molecular formula is C13H12N2O3. The Balaban J connectivity index is 2.29. The summed E-state index contributed by atoms with van der Waals surface area (Å²) in [6.45, 7) is 2.08. The third-order valence-electron chi connectivity index (χ3n) is 2.29. The fourth-order valence-electron chi connectivity index (χ4n) is 1.50. The summed E-state index contributed by atoms with van der Waals surface area (Å²) < 4.78 is 4.77. The number of aromatic nitrogens is 2. The maximum absolute atomic E-state index is 11.2. The minimum absolute atomic E-state index is 0.184. The van der Waals surface area contributed by atoms with Gasteiger partial charge in [-0.25, -0.2) is 4.79 Å². The van der Waals surface area contributed by atoms with Crippen LogP contribution in [0.4, 0.5) is 0 Å². The third kappa shape index (κ3) is 2.82. The van der Waals surface area contributed by atoms with E-state index in [9.17, 15) is 9.59 Å². The molecule has 2 heterocycles. The van der Waals surface area contributed by atoms with Crippen LogP contribution in [0, 0.1) is 0 Å². The van der Waals surface area contributed by atoms with Crippen molar-refractivity contribution < 1.29 is 9.53 Å². The molecule has 0 atom stereocenters. The molecule has 5 heteroatoms. The SMILES string of the molecule is CCOC(=O)C=Cc1cnc2ccc(=O)[nH]c2c1. The number of nitrogens with one attached hydrogen (secondary N) is 1. The van der Waals surface area contributed by atoms with Gasteiger partial charge < -0.3 is 9.72 Å². The lowest BCUT2D eigenvalue weighted by Gasteiger charge is -1.98. The average Bonchev–Trinajstić information content (AvgIpc) is 2.36. The number of rotatable bonds is 3. The Kier molecular flexibility index (Phi) is 3.52. The van der Waals surface area contributed by atoms with Gasteiger partial charge in [-0.2, -0.15) is 0 Å². The van der Waals surface area contributed by atoms with Crippen molar-refractivity contribution in [3.63, 3.8) is 0 Å². The fourth-order valence-corrected chi connectivity index (χ4v) is 1.50. The summed E-state index contributed by atoms with van der Waals surface area (Å²) in [5.74, 6) is -0.404. The molecule has 0 saturated carbocycles. The lowest BCUT2D eigenvalue weighted by Crippen LogP contribution is -2.03. The fraction of sp³-hybridized carbons (Fsp3) is 0.154. The predicted molar refractivity (Wildman–Crippen MR) is 68.0 cm³/mol. The van der Waals surface area contributed by atoms with Gasteiger partial charge in [-0.1, -0.05) is 0 Å². The van der Waals surface area contributed by atoms with E-state index >= 15 is 0 Å². The number of hydrogen-bond donors (Lipinski definition) is 1. The molecule has 0 spiro atoms. The van der Waals surface area contributed by atoms with Crippen LogP contribution in [0.5, 0.6) is 0 Å². The molecule has 0 bridgehead atoms. The smallest absolute Gasteiger partial charge is 0.330 e. The highest BCUT2D eigenvalue weighted by molar-refractivity contribution is 5.87. The van der Waals surface area contributed by atoms with Crippen LogP contribution in [-0.4, -0.2) is 22.5 Å². The van der Waals surface area contributed by atoms with Crippen LogP contribution in [0.2, 0.25) is 0 Å². The zero-order valence-electron chi connectivity index (χ0n) is 9.84. The normalized spacial score (nSPS) is 10.9. The number of pyridine rings is 2. The monoisotopic (exact) mass is 244 g/mol. The topological polar surface area (TPSA) is 72.0 Å². The number of ether oxygens (including phenoxy) is 1. The minimum Gasteiger partial charge on any atom is -0.463 e. The standard InChI is InChI=1S/C13H12N2O3/c1-2-18-13(17)6-3-9-7-11-10(14-8-9)4-5-12(16)15-11/h3-8H,2H2,1H3,(H,15,16). The number of carbonyl (C=O) groups excluding carboxylic acids is 1. The number of fused-ring (bicyclic) bond motifs is 1. The first-order chi connectivity index (χ1) is 8.69. The van der Waals surface area contributed by atoms with Crippen LogP contribution in [0.3, 0.4) is 0 Å². The summed E-state index contributed by atoms with van der Waals surface area (Å²) in [5, 5.41) is 0. The molecule has 92 valence electrons. The van der Waals surface area contributed by atoms with Gasteiger partial charge in [0.15, 0.2) is 0 Å². The molecule has 0 aliphatic rings. The Morgan fingerprint density at radius 1 is 1.50 bits per heavy atom. The van der Waals surface area contributed by atoms with E-state index in [0.717, 1.165) is 5.56 Å². The maximum atomic E-state index is 11.2. The Morgan fingerprint density at radius 3 is 3.11 bits per heavy atom. The number of aromatic amines is 1. The van der Waals surface area contributed by atoms with Gasteiger partial charge in [0.1, 0.15) is 0 Å². The van der Waals surface area contributed by atoms with Crippen LogP contribution in [-0.2, 0) is 9.53 Å². The molecule has 0 aliphatic carbocycles. The molecule has 0 fully saturated rings.